The molecule has 0 spiro atoms. The van der Waals surface area contributed by atoms with Crippen LogP contribution in [0.15, 0.2) is 83.7 Å². The fraction of sp³-hybridized carbons (Fsp3) is 0.214. The predicted octanol–water partition coefficient (Wildman–Crippen LogP) is 4.52. The van der Waals surface area contributed by atoms with Crippen LogP contribution in [-0.4, -0.2) is 30.8 Å². The molecule has 0 saturated carbocycles. The molecule has 2 heterocycles. The van der Waals surface area contributed by atoms with Gasteiger partial charge in [0.1, 0.15) is 11.7 Å². The molecule has 0 bridgehead atoms. The number of aryl methyl sites for hydroxylation is 1. The van der Waals surface area contributed by atoms with E-state index >= 15 is 0 Å². The van der Waals surface area contributed by atoms with Gasteiger partial charge in [0.05, 0.1) is 11.0 Å². The fourth-order valence-electron chi connectivity index (χ4n) is 4.36. The van der Waals surface area contributed by atoms with Gasteiger partial charge in [0, 0.05) is 11.1 Å². The van der Waals surface area contributed by atoms with Gasteiger partial charge < -0.3 is 5.32 Å². The maximum Gasteiger partial charge on any atom is 0.280 e. The van der Waals surface area contributed by atoms with Gasteiger partial charge in [0.25, 0.3) is 5.56 Å². The number of aromatic nitrogens is 4. The normalized spacial score (nSPS) is 12.7. The highest BCUT2D eigenvalue weighted by Crippen LogP contribution is 2.27. The first-order valence-electron chi connectivity index (χ1n) is 11.6. The summed E-state index contributed by atoms with van der Waals surface area (Å²) in [5.41, 5.74) is 3.88. The Morgan fingerprint density at radius 3 is 2.17 bits per heavy atom. The minimum atomic E-state index is -0.879. The first-order chi connectivity index (χ1) is 16.7. The summed E-state index contributed by atoms with van der Waals surface area (Å²) in [4.78, 5) is 28.0. The van der Waals surface area contributed by atoms with Gasteiger partial charge in [-0.3, -0.25) is 14.2 Å². The fourth-order valence-corrected chi connectivity index (χ4v) is 4.36. The van der Waals surface area contributed by atoms with Crippen molar-refractivity contribution in [3.63, 3.8) is 0 Å². The summed E-state index contributed by atoms with van der Waals surface area (Å²) >= 11 is 0. The van der Waals surface area contributed by atoms with Crippen molar-refractivity contribution in [3.05, 3.63) is 100 Å². The van der Waals surface area contributed by atoms with E-state index in [-0.39, 0.29) is 11.5 Å². The Labute approximate surface area is 203 Å². The molecule has 2 aromatic heterocycles. The minimum absolute atomic E-state index is 0.258. The van der Waals surface area contributed by atoms with Crippen LogP contribution in [0.1, 0.15) is 37.9 Å². The number of carbonyl (C=O) groups is 1. The summed E-state index contributed by atoms with van der Waals surface area (Å²) in [6, 6.07) is 23.8. The zero-order chi connectivity index (χ0) is 24.7. The van der Waals surface area contributed by atoms with Gasteiger partial charge >= 0.3 is 0 Å². The maximum absolute atomic E-state index is 14.2. The monoisotopic (exact) mass is 465 g/mol. The van der Waals surface area contributed by atoms with Gasteiger partial charge in [0.15, 0.2) is 5.52 Å². The summed E-state index contributed by atoms with van der Waals surface area (Å²) < 4.78 is 3.15. The van der Waals surface area contributed by atoms with E-state index in [1.807, 2.05) is 107 Å². The molecule has 1 N–H and O–H groups in total. The minimum Gasteiger partial charge on any atom is -0.349 e. The number of para-hydroxylation sites is 2. The average molecular weight is 466 g/mol. The lowest BCUT2D eigenvalue weighted by Gasteiger charge is -2.27. The van der Waals surface area contributed by atoms with Gasteiger partial charge in [-0.1, -0.05) is 77.5 Å². The molecule has 0 fully saturated rings. The van der Waals surface area contributed by atoms with E-state index in [4.69, 9.17) is 0 Å². The highest BCUT2D eigenvalue weighted by atomic mass is 16.2. The van der Waals surface area contributed by atoms with Gasteiger partial charge in [-0.15, -0.1) is 5.10 Å². The van der Waals surface area contributed by atoms with Crippen LogP contribution in [0.5, 0.6) is 0 Å². The molecule has 176 valence electrons. The third-order valence-electron chi connectivity index (χ3n) is 5.91. The van der Waals surface area contributed by atoms with Crippen molar-refractivity contribution in [2.45, 2.75) is 39.3 Å². The zero-order valence-corrected chi connectivity index (χ0v) is 20.2. The molecule has 5 aromatic rings. The first-order valence-corrected chi connectivity index (χ1v) is 11.6. The van der Waals surface area contributed by atoms with Crippen molar-refractivity contribution in [3.8, 4) is 11.3 Å². The second kappa shape index (κ2) is 8.51. The van der Waals surface area contributed by atoms with Crippen molar-refractivity contribution in [1.82, 2.24) is 24.7 Å². The van der Waals surface area contributed by atoms with Crippen LogP contribution in [0.2, 0.25) is 0 Å². The standard InChI is InChI=1S/C28H27N5O2/c1-18-14-16-20(17-15-18)24(26(34)29-28(2,3)4)32-21-12-8-9-13-22(21)33-25(27(32)35)23(30-31-33)19-10-6-5-7-11-19/h5-17,24H,1-4H3,(H,29,34). The number of hydrogen-bond acceptors (Lipinski definition) is 4. The van der Waals surface area contributed by atoms with E-state index in [1.54, 1.807) is 9.08 Å². The molecule has 1 atom stereocenters. The molecule has 7 nitrogen and oxygen atoms in total. The second-order valence-electron chi connectivity index (χ2n) is 9.78. The Bertz CT molecular complexity index is 1590. The summed E-state index contributed by atoms with van der Waals surface area (Å²) in [5.74, 6) is -0.258. The number of hydrogen-bond donors (Lipinski definition) is 1. The lowest BCUT2D eigenvalue weighted by Crippen LogP contribution is -2.46. The van der Waals surface area contributed by atoms with Crippen molar-refractivity contribution in [2.24, 2.45) is 0 Å². The van der Waals surface area contributed by atoms with Crippen molar-refractivity contribution in [1.29, 1.82) is 0 Å². The maximum atomic E-state index is 14.2. The molecule has 1 amide bonds. The van der Waals surface area contributed by atoms with E-state index in [2.05, 4.69) is 15.6 Å². The number of amides is 1. The van der Waals surface area contributed by atoms with Crippen LogP contribution >= 0.6 is 0 Å². The molecule has 7 heteroatoms. The number of nitrogens with one attached hydrogen (secondary N) is 1. The molecule has 5 rings (SSSR count). The third-order valence-corrected chi connectivity index (χ3v) is 5.91. The first kappa shape index (κ1) is 22.5. The molecule has 0 aliphatic carbocycles. The Morgan fingerprint density at radius 2 is 1.51 bits per heavy atom. The van der Waals surface area contributed by atoms with E-state index in [9.17, 15) is 9.59 Å². The Morgan fingerprint density at radius 1 is 0.886 bits per heavy atom. The quantitative estimate of drug-likeness (QED) is 0.423. The average Bonchev–Trinajstić information content (AvgIpc) is 3.28. The smallest absolute Gasteiger partial charge is 0.280 e. The molecule has 1 unspecified atom stereocenters. The molecule has 35 heavy (non-hydrogen) atoms. The van der Waals surface area contributed by atoms with Gasteiger partial charge in [-0.25, -0.2) is 4.52 Å². The topological polar surface area (TPSA) is 81.3 Å². The molecule has 3 aromatic carbocycles. The zero-order valence-electron chi connectivity index (χ0n) is 20.2. The number of rotatable bonds is 4. The molecule has 0 aliphatic heterocycles. The van der Waals surface area contributed by atoms with E-state index in [0.29, 0.717) is 22.2 Å². The van der Waals surface area contributed by atoms with Crippen molar-refractivity contribution < 1.29 is 4.79 Å². The van der Waals surface area contributed by atoms with Crippen molar-refractivity contribution in [2.75, 3.05) is 0 Å². The SMILES string of the molecule is Cc1ccc(C(C(=O)NC(C)(C)C)n2c(=O)c3c(-c4ccccc4)nnn3c3ccccc32)cc1. The van der Waals surface area contributed by atoms with Crippen LogP contribution < -0.4 is 10.9 Å². The highest BCUT2D eigenvalue weighted by molar-refractivity contribution is 5.89. The van der Waals surface area contributed by atoms with E-state index in [1.165, 1.54) is 0 Å². The third kappa shape index (κ3) is 4.10. The van der Waals surface area contributed by atoms with E-state index < -0.39 is 11.6 Å². The van der Waals surface area contributed by atoms with Gasteiger partial charge in [-0.2, -0.15) is 0 Å². The number of nitrogens with zero attached hydrogens (tertiary/aromatic N) is 4. The molecule has 0 radical (unpaired) electrons. The number of carbonyl (C=O) groups excluding carboxylic acids is 1. The molecular formula is C28H27N5O2. The van der Waals surface area contributed by atoms with Gasteiger partial charge in [0.2, 0.25) is 5.91 Å². The molecule has 0 aliphatic rings. The lowest BCUT2D eigenvalue weighted by atomic mass is 10.0. The summed E-state index contributed by atoms with van der Waals surface area (Å²) in [5, 5.41) is 11.8. The summed E-state index contributed by atoms with van der Waals surface area (Å²) in [6.07, 6.45) is 0. The van der Waals surface area contributed by atoms with Crippen LogP contribution in [-0.2, 0) is 4.79 Å². The van der Waals surface area contributed by atoms with Crippen LogP contribution in [0.4, 0.5) is 0 Å². The Kier molecular flexibility index (Phi) is 5.47. The van der Waals surface area contributed by atoms with Gasteiger partial charge in [-0.05, 0) is 45.4 Å². The van der Waals surface area contributed by atoms with E-state index in [0.717, 1.165) is 16.7 Å². The highest BCUT2D eigenvalue weighted by Gasteiger charge is 2.30. The summed E-state index contributed by atoms with van der Waals surface area (Å²) in [7, 11) is 0. The summed E-state index contributed by atoms with van der Waals surface area (Å²) in [6.45, 7) is 7.77. The lowest BCUT2D eigenvalue weighted by molar-refractivity contribution is -0.124. The number of benzene rings is 3. The second-order valence-corrected chi connectivity index (χ2v) is 9.78. The van der Waals surface area contributed by atoms with Crippen molar-refractivity contribution >= 4 is 22.5 Å². The molecular weight excluding hydrogens is 438 g/mol. The Hall–Kier alpha value is -4.26. The van der Waals surface area contributed by atoms with Crippen LogP contribution in [0.3, 0.4) is 0 Å². The van der Waals surface area contributed by atoms with Crippen LogP contribution in [0.25, 0.3) is 27.8 Å². The number of fused-ring (bicyclic) bond motifs is 3. The van der Waals surface area contributed by atoms with Crippen LogP contribution in [0, 0.1) is 6.92 Å². The molecule has 0 saturated heterocycles. The Balaban J connectivity index is 1.87. The predicted molar refractivity (Wildman–Crippen MR) is 137 cm³/mol. The largest absolute Gasteiger partial charge is 0.349 e.